The lowest BCUT2D eigenvalue weighted by Gasteiger charge is -2.03. The summed E-state index contributed by atoms with van der Waals surface area (Å²) in [7, 11) is 0. The molecule has 80 valence electrons. The highest BCUT2D eigenvalue weighted by Crippen LogP contribution is 2.22. The van der Waals surface area contributed by atoms with Crippen LogP contribution < -0.4 is 0 Å². The molecular formula is C13H10INO. The highest BCUT2D eigenvalue weighted by atomic mass is 127. The Labute approximate surface area is 107 Å². The molecule has 0 fully saturated rings. The lowest BCUT2D eigenvalue weighted by Crippen LogP contribution is -2.06. The Morgan fingerprint density at radius 1 is 1.25 bits per heavy atom. The maximum absolute atomic E-state index is 12.3. The summed E-state index contributed by atoms with van der Waals surface area (Å²) in [4.78, 5) is 12.3. The number of fused-ring (bicyclic) bond motifs is 2. The molecule has 1 aliphatic heterocycles. The predicted molar refractivity (Wildman–Crippen MR) is 70.7 cm³/mol. The highest BCUT2D eigenvalue weighted by Gasteiger charge is 2.20. The largest absolute Gasteiger partial charge is 0.344 e. The number of halogens is 1. The zero-order valence-corrected chi connectivity index (χ0v) is 10.8. The van der Waals surface area contributed by atoms with Gasteiger partial charge in [-0.25, -0.2) is 0 Å². The molecule has 16 heavy (non-hydrogen) atoms. The Balaban J connectivity index is 2.22. The minimum atomic E-state index is 0.149. The summed E-state index contributed by atoms with van der Waals surface area (Å²) in [5, 5.41) is 0. The van der Waals surface area contributed by atoms with Crippen LogP contribution in [0.5, 0.6) is 0 Å². The van der Waals surface area contributed by atoms with Crippen LogP contribution in [0.2, 0.25) is 0 Å². The Bertz CT molecular complexity index is 571. The number of aryl methyl sites for hydroxylation is 2. The van der Waals surface area contributed by atoms with Gasteiger partial charge in [0.15, 0.2) is 0 Å². The first-order valence-electron chi connectivity index (χ1n) is 5.24. The van der Waals surface area contributed by atoms with E-state index >= 15 is 0 Å². The van der Waals surface area contributed by atoms with E-state index in [0.717, 1.165) is 33.4 Å². The summed E-state index contributed by atoms with van der Waals surface area (Å²) in [6.45, 7) is 0.891. The van der Waals surface area contributed by atoms with Crippen molar-refractivity contribution in [3.63, 3.8) is 0 Å². The molecule has 1 aromatic carbocycles. The number of hydrogen-bond donors (Lipinski definition) is 0. The molecule has 0 saturated carbocycles. The Kier molecular flexibility index (Phi) is 2.35. The van der Waals surface area contributed by atoms with Crippen molar-refractivity contribution in [1.29, 1.82) is 0 Å². The van der Waals surface area contributed by atoms with Crippen LogP contribution in [0.3, 0.4) is 0 Å². The molecule has 0 radical (unpaired) electrons. The van der Waals surface area contributed by atoms with Gasteiger partial charge in [-0.1, -0.05) is 6.07 Å². The molecule has 3 heteroatoms. The van der Waals surface area contributed by atoms with Gasteiger partial charge in [-0.05, 0) is 58.8 Å². The molecule has 2 heterocycles. The number of rotatable bonds is 0. The van der Waals surface area contributed by atoms with Crippen LogP contribution >= 0.6 is 22.6 Å². The first-order valence-corrected chi connectivity index (χ1v) is 6.32. The minimum Gasteiger partial charge on any atom is -0.344 e. The van der Waals surface area contributed by atoms with Crippen LogP contribution in [-0.4, -0.2) is 10.4 Å². The lowest BCUT2D eigenvalue weighted by atomic mass is 10.0. The summed E-state index contributed by atoms with van der Waals surface area (Å²) in [5.41, 5.74) is 2.83. The quantitative estimate of drug-likeness (QED) is 0.684. The second-order valence-corrected chi connectivity index (χ2v) is 5.21. The van der Waals surface area contributed by atoms with Crippen molar-refractivity contribution < 1.29 is 4.79 Å². The molecule has 0 saturated heterocycles. The SMILES string of the molecule is O=C1c2cc(I)ccc2CCn2cccc21. The second-order valence-electron chi connectivity index (χ2n) is 3.97. The number of nitrogens with zero attached hydrogens (tertiary/aromatic N) is 1. The van der Waals surface area contributed by atoms with E-state index in [1.165, 1.54) is 0 Å². The molecule has 0 aliphatic carbocycles. The van der Waals surface area contributed by atoms with Crippen molar-refractivity contribution in [3.05, 3.63) is 56.9 Å². The van der Waals surface area contributed by atoms with Gasteiger partial charge in [0.25, 0.3) is 0 Å². The van der Waals surface area contributed by atoms with Crippen molar-refractivity contribution in [2.75, 3.05) is 0 Å². The zero-order valence-electron chi connectivity index (χ0n) is 8.61. The third kappa shape index (κ3) is 1.50. The molecule has 2 aromatic rings. The molecule has 1 aliphatic rings. The van der Waals surface area contributed by atoms with Crippen LogP contribution in [0.25, 0.3) is 0 Å². The third-order valence-electron chi connectivity index (χ3n) is 3.00. The average molecular weight is 323 g/mol. The van der Waals surface area contributed by atoms with Gasteiger partial charge in [0.2, 0.25) is 5.78 Å². The van der Waals surface area contributed by atoms with Crippen molar-refractivity contribution in [3.8, 4) is 0 Å². The van der Waals surface area contributed by atoms with Crippen molar-refractivity contribution in [2.45, 2.75) is 13.0 Å². The average Bonchev–Trinajstić information content (AvgIpc) is 2.70. The van der Waals surface area contributed by atoms with E-state index in [1.807, 2.05) is 29.0 Å². The molecule has 2 nitrogen and oxygen atoms in total. The molecule has 1 aromatic heterocycles. The maximum Gasteiger partial charge on any atom is 0.209 e. The van der Waals surface area contributed by atoms with Crippen molar-refractivity contribution in [2.24, 2.45) is 0 Å². The number of hydrogen-bond acceptors (Lipinski definition) is 1. The van der Waals surface area contributed by atoms with Crippen LogP contribution in [0, 0.1) is 3.57 Å². The summed E-state index contributed by atoms with van der Waals surface area (Å²) >= 11 is 2.25. The van der Waals surface area contributed by atoms with E-state index in [9.17, 15) is 4.79 Å². The smallest absolute Gasteiger partial charge is 0.209 e. The number of benzene rings is 1. The molecule has 0 spiro atoms. The van der Waals surface area contributed by atoms with Gasteiger partial charge >= 0.3 is 0 Å². The van der Waals surface area contributed by atoms with Crippen LogP contribution in [0.1, 0.15) is 21.6 Å². The molecule has 0 bridgehead atoms. The monoisotopic (exact) mass is 323 g/mol. The maximum atomic E-state index is 12.3. The summed E-state index contributed by atoms with van der Waals surface area (Å²) < 4.78 is 3.15. The van der Waals surface area contributed by atoms with Gasteiger partial charge in [-0.15, -0.1) is 0 Å². The first-order chi connectivity index (χ1) is 7.75. The molecule has 0 unspecified atom stereocenters. The Hall–Kier alpha value is -1.10. The summed E-state index contributed by atoms with van der Waals surface area (Å²) in [6.07, 6.45) is 2.91. The van der Waals surface area contributed by atoms with Gasteiger partial charge < -0.3 is 4.57 Å². The topological polar surface area (TPSA) is 22.0 Å². The standard InChI is InChI=1S/C13H10INO/c14-10-4-3-9-5-7-15-6-1-2-12(15)13(16)11(9)8-10/h1-4,6,8H,5,7H2. The van der Waals surface area contributed by atoms with Crippen LogP contribution in [0.4, 0.5) is 0 Å². The molecule has 0 amide bonds. The van der Waals surface area contributed by atoms with E-state index in [0.29, 0.717) is 0 Å². The Morgan fingerprint density at radius 3 is 3.00 bits per heavy atom. The van der Waals surface area contributed by atoms with Crippen LogP contribution in [-0.2, 0) is 13.0 Å². The van der Waals surface area contributed by atoms with E-state index in [-0.39, 0.29) is 5.78 Å². The normalized spacial score (nSPS) is 14.2. The fourth-order valence-corrected chi connectivity index (χ4v) is 2.66. The van der Waals surface area contributed by atoms with Crippen molar-refractivity contribution in [1.82, 2.24) is 4.57 Å². The molecule has 3 rings (SSSR count). The van der Waals surface area contributed by atoms with Crippen molar-refractivity contribution >= 4 is 28.4 Å². The molecular weight excluding hydrogens is 313 g/mol. The third-order valence-corrected chi connectivity index (χ3v) is 3.67. The Morgan fingerprint density at radius 2 is 2.12 bits per heavy atom. The minimum absolute atomic E-state index is 0.149. The van der Waals surface area contributed by atoms with Gasteiger partial charge in [0.1, 0.15) is 0 Å². The van der Waals surface area contributed by atoms with Crippen LogP contribution in [0.15, 0.2) is 36.5 Å². The summed E-state index contributed by atoms with van der Waals surface area (Å²) in [5.74, 6) is 0.149. The number of carbonyl (C=O) groups excluding carboxylic acids is 1. The number of carbonyl (C=O) groups is 1. The fourth-order valence-electron chi connectivity index (χ4n) is 2.17. The van der Waals surface area contributed by atoms with Gasteiger partial charge in [-0.3, -0.25) is 4.79 Å². The van der Waals surface area contributed by atoms with E-state index < -0.39 is 0 Å². The zero-order chi connectivity index (χ0) is 11.1. The van der Waals surface area contributed by atoms with Gasteiger partial charge in [0.05, 0.1) is 5.69 Å². The number of aromatic nitrogens is 1. The van der Waals surface area contributed by atoms with Gasteiger partial charge in [-0.2, -0.15) is 0 Å². The molecule has 0 N–H and O–H groups in total. The highest BCUT2D eigenvalue weighted by molar-refractivity contribution is 14.1. The first kappa shape index (κ1) is 10.1. The van der Waals surface area contributed by atoms with E-state index in [2.05, 4.69) is 34.7 Å². The van der Waals surface area contributed by atoms with E-state index in [4.69, 9.17) is 0 Å². The molecule has 0 atom stereocenters. The second kappa shape index (κ2) is 3.73. The predicted octanol–water partition coefficient (Wildman–Crippen LogP) is 2.88. The summed E-state index contributed by atoms with van der Waals surface area (Å²) in [6, 6.07) is 9.96. The number of ketones is 1. The fraction of sp³-hybridized carbons (Fsp3) is 0.154. The lowest BCUT2D eigenvalue weighted by molar-refractivity contribution is 0.103. The van der Waals surface area contributed by atoms with E-state index in [1.54, 1.807) is 0 Å². The van der Waals surface area contributed by atoms with Gasteiger partial charge in [0, 0.05) is 21.9 Å².